The first-order chi connectivity index (χ1) is 6.63. The fourth-order valence-corrected chi connectivity index (χ4v) is 1.07. The largest absolute Gasteiger partial charge is 0.483 e. The normalized spacial score (nSPS) is 21.7. The van der Waals surface area contributed by atoms with Crippen molar-refractivity contribution in [3.8, 4) is 0 Å². The van der Waals surface area contributed by atoms with Crippen LogP contribution in [0.15, 0.2) is 5.10 Å². The Morgan fingerprint density at radius 3 is 2.93 bits per heavy atom. The molecule has 6 heteroatoms. The van der Waals surface area contributed by atoms with Crippen LogP contribution < -0.4 is 10.7 Å². The minimum absolute atomic E-state index is 0.0995. The summed E-state index contributed by atoms with van der Waals surface area (Å²) in [5.74, 6) is -0.0486. The van der Waals surface area contributed by atoms with Gasteiger partial charge >= 0.3 is 0 Å². The molecule has 2 amide bonds. The average Bonchev–Trinajstić information content (AvgIpc) is 2.60. The number of hydrazone groups is 1. The molecule has 6 nitrogen and oxygen atoms in total. The summed E-state index contributed by atoms with van der Waals surface area (Å²) in [7, 11) is 1.46. The van der Waals surface area contributed by atoms with Gasteiger partial charge in [-0.05, 0) is 6.42 Å². The molecule has 0 aromatic carbocycles. The number of methoxy groups -OCH3 is 1. The summed E-state index contributed by atoms with van der Waals surface area (Å²) in [5.41, 5.74) is 2.31. The van der Waals surface area contributed by atoms with Gasteiger partial charge in [-0.3, -0.25) is 9.59 Å². The predicted molar refractivity (Wildman–Crippen MR) is 49.4 cm³/mol. The molecule has 0 aromatic heterocycles. The van der Waals surface area contributed by atoms with Crippen LogP contribution in [0.3, 0.4) is 0 Å². The maximum absolute atomic E-state index is 11.3. The van der Waals surface area contributed by atoms with Gasteiger partial charge in [0.25, 0.3) is 5.91 Å². The molecule has 1 atom stereocenters. The molecule has 1 heterocycles. The van der Waals surface area contributed by atoms with Crippen LogP contribution in [0.5, 0.6) is 0 Å². The molecule has 14 heavy (non-hydrogen) atoms. The van der Waals surface area contributed by atoms with Crippen LogP contribution in [0.25, 0.3) is 0 Å². The molecular formula is C8H13N3O3. The maximum Gasteiger partial charge on any atom is 0.262 e. The first-order valence-corrected chi connectivity index (χ1v) is 4.31. The van der Waals surface area contributed by atoms with Crippen molar-refractivity contribution in [2.75, 3.05) is 7.11 Å². The van der Waals surface area contributed by atoms with Gasteiger partial charge in [0.2, 0.25) is 11.8 Å². The number of hydrogen-bond donors (Lipinski definition) is 2. The van der Waals surface area contributed by atoms with Crippen molar-refractivity contribution >= 4 is 17.7 Å². The summed E-state index contributed by atoms with van der Waals surface area (Å²) in [4.78, 5) is 22.1. The molecule has 0 saturated carbocycles. The van der Waals surface area contributed by atoms with Gasteiger partial charge in [0.1, 0.15) is 6.04 Å². The Morgan fingerprint density at radius 2 is 2.43 bits per heavy atom. The average molecular weight is 199 g/mol. The second kappa shape index (κ2) is 4.59. The molecule has 0 aliphatic carbocycles. The van der Waals surface area contributed by atoms with Crippen molar-refractivity contribution in [1.82, 2.24) is 10.7 Å². The highest BCUT2D eigenvalue weighted by atomic mass is 16.5. The van der Waals surface area contributed by atoms with Crippen molar-refractivity contribution in [2.45, 2.75) is 25.8 Å². The number of amides is 2. The van der Waals surface area contributed by atoms with Gasteiger partial charge < -0.3 is 10.1 Å². The van der Waals surface area contributed by atoms with Crippen molar-refractivity contribution in [1.29, 1.82) is 0 Å². The van der Waals surface area contributed by atoms with Gasteiger partial charge in [0.15, 0.2) is 0 Å². The highest BCUT2D eigenvalue weighted by Crippen LogP contribution is 2.05. The summed E-state index contributed by atoms with van der Waals surface area (Å²) >= 11 is 0. The van der Waals surface area contributed by atoms with Gasteiger partial charge in [-0.1, -0.05) is 0 Å². The van der Waals surface area contributed by atoms with E-state index in [1.165, 1.54) is 7.11 Å². The van der Waals surface area contributed by atoms with Gasteiger partial charge in [-0.2, -0.15) is 0 Å². The summed E-state index contributed by atoms with van der Waals surface area (Å²) in [6, 6.07) is -0.462. The summed E-state index contributed by atoms with van der Waals surface area (Å²) < 4.78 is 4.73. The molecule has 1 rings (SSSR count). The fraction of sp³-hybridized carbons (Fsp3) is 0.625. The van der Waals surface area contributed by atoms with E-state index in [1.807, 2.05) is 0 Å². The molecule has 0 spiro atoms. The topological polar surface area (TPSA) is 79.8 Å². The first-order valence-electron chi connectivity index (χ1n) is 4.31. The third-order valence-electron chi connectivity index (χ3n) is 1.93. The minimum Gasteiger partial charge on any atom is -0.483 e. The molecule has 78 valence electrons. The third kappa shape index (κ3) is 2.72. The van der Waals surface area contributed by atoms with Crippen LogP contribution in [0.4, 0.5) is 0 Å². The zero-order valence-corrected chi connectivity index (χ0v) is 8.16. The second-order valence-corrected chi connectivity index (χ2v) is 2.97. The quantitative estimate of drug-likeness (QED) is 0.352. The lowest BCUT2D eigenvalue weighted by atomic mass is 10.2. The number of hydrogen-bond acceptors (Lipinski definition) is 4. The highest BCUT2D eigenvalue weighted by molar-refractivity contribution is 5.91. The van der Waals surface area contributed by atoms with Crippen molar-refractivity contribution in [2.24, 2.45) is 5.10 Å². The number of rotatable bonds is 2. The number of nitrogens with one attached hydrogen (secondary N) is 2. The Hall–Kier alpha value is -1.59. The van der Waals surface area contributed by atoms with Gasteiger partial charge in [-0.15, -0.1) is 5.10 Å². The van der Waals surface area contributed by atoms with Crippen molar-refractivity contribution < 1.29 is 14.3 Å². The molecule has 1 unspecified atom stereocenters. The SMILES string of the molecule is CO/C(C)=N/NC(=O)C1CCC(=O)N1. The van der Waals surface area contributed by atoms with Gasteiger partial charge in [0.05, 0.1) is 7.11 Å². The fourth-order valence-electron chi connectivity index (χ4n) is 1.07. The molecule has 0 bridgehead atoms. The maximum atomic E-state index is 11.3. The Labute approximate surface area is 81.7 Å². The van der Waals surface area contributed by atoms with Crippen LogP contribution in [-0.4, -0.2) is 30.9 Å². The van der Waals surface area contributed by atoms with Crippen molar-refractivity contribution in [3.05, 3.63) is 0 Å². The monoisotopic (exact) mass is 199 g/mol. The highest BCUT2D eigenvalue weighted by Gasteiger charge is 2.26. The molecule has 2 N–H and O–H groups in total. The third-order valence-corrected chi connectivity index (χ3v) is 1.93. The molecule has 1 aliphatic rings. The lowest BCUT2D eigenvalue weighted by Gasteiger charge is -2.07. The number of carbonyl (C=O) groups excluding carboxylic acids is 2. The van der Waals surface area contributed by atoms with E-state index in [4.69, 9.17) is 4.74 Å². The van der Waals surface area contributed by atoms with Crippen LogP contribution in [-0.2, 0) is 14.3 Å². The summed E-state index contributed by atoms with van der Waals surface area (Å²) in [5, 5.41) is 6.19. The standard InChI is InChI=1S/C8H13N3O3/c1-5(14-2)10-11-8(13)6-3-4-7(12)9-6/h6H,3-4H2,1-2H3,(H,9,12)(H,11,13)/b10-5+. The van der Waals surface area contributed by atoms with E-state index in [-0.39, 0.29) is 11.8 Å². The van der Waals surface area contributed by atoms with E-state index in [2.05, 4.69) is 15.8 Å². The molecule has 0 aromatic rings. The van der Waals surface area contributed by atoms with Crippen molar-refractivity contribution in [3.63, 3.8) is 0 Å². The van der Waals surface area contributed by atoms with Crippen LogP contribution in [0.2, 0.25) is 0 Å². The second-order valence-electron chi connectivity index (χ2n) is 2.97. The molecular weight excluding hydrogens is 186 g/mol. The molecule has 1 fully saturated rings. The summed E-state index contributed by atoms with van der Waals surface area (Å²) in [6.07, 6.45) is 0.914. The zero-order valence-electron chi connectivity index (χ0n) is 8.16. The van der Waals surface area contributed by atoms with E-state index in [1.54, 1.807) is 6.92 Å². The first kappa shape index (κ1) is 10.5. The Kier molecular flexibility index (Phi) is 3.44. The minimum atomic E-state index is -0.462. The Balaban J connectivity index is 2.39. The number of carbonyl (C=O) groups is 2. The van der Waals surface area contributed by atoms with E-state index in [0.29, 0.717) is 18.7 Å². The zero-order chi connectivity index (χ0) is 10.6. The molecule has 1 saturated heterocycles. The van der Waals surface area contributed by atoms with E-state index in [9.17, 15) is 9.59 Å². The van der Waals surface area contributed by atoms with E-state index < -0.39 is 6.04 Å². The summed E-state index contributed by atoms with van der Waals surface area (Å²) in [6.45, 7) is 1.62. The number of nitrogens with zero attached hydrogens (tertiary/aromatic N) is 1. The van der Waals surface area contributed by atoms with E-state index in [0.717, 1.165) is 0 Å². The smallest absolute Gasteiger partial charge is 0.262 e. The van der Waals surface area contributed by atoms with Crippen LogP contribution in [0.1, 0.15) is 19.8 Å². The molecule has 1 aliphatic heterocycles. The predicted octanol–water partition coefficient (Wildman–Crippen LogP) is -0.639. The van der Waals surface area contributed by atoms with Gasteiger partial charge in [-0.25, -0.2) is 5.43 Å². The lowest BCUT2D eigenvalue weighted by molar-refractivity contribution is -0.125. The van der Waals surface area contributed by atoms with E-state index >= 15 is 0 Å². The Bertz CT molecular complexity index is 275. The molecule has 0 radical (unpaired) electrons. The lowest BCUT2D eigenvalue weighted by Crippen LogP contribution is -2.39. The van der Waals surface area contributed by atoms with Crippen LogP contribution in [0, 0.1) is 0 Å². The van der Waals surface area contributed by atoms with Gasteiger partial charge in [0, 0.05) is 13.3 Å². The van der Waals surface area contributed by atoms with Crippen LogP contribution >= 0.6 is 0 Å². The Morgan fingerprint density at radius 1 is 1.71 bits per heavy atom. The number of ether oxygens (including phenoxy) is 1.